The lowest BCUT2D eigenvalue weighted by atomic mass is 10.1. The number of nitrogens with one attached hydrogen (secondary N) is 2. The summed E-state index contributed by atoms with van der Waals surface area (Å²) in [6, 6.07) is 10.2. The molecule has 0 bridgehead atoms. The molecule has 1 heterocycles. The van der Waals surface area contributed by atoms with Crippen LogP contribution >= 0.6 is 0 Å². The molecule has 154 valence electrons. The van der Waals surface area contributed by atoms with Crippen LogP contribution in [0.1, 0.15) is 11.1 Å². The molecule has 3 rings (SSSR count). The zero-order valence-corrected chi connectivity index (χ0v) is 17.6. The first kappa shape index (κ1) is 20.7. The van der Waals surface area contributed by atoms with Crippen molar-refractivity contribution in [2.75, 3.05) is 26.0 Å². The van der Waals surface area contributed by atoms with Crippen LogP contribution in [0.4, 0.5) is 10.5 Å². The van der Waals surface area contributed by atoms with Crippen LogP contribution in [-0.4, -0.2) is 54.4 Å². The lowest BCUT2D eigenvalue weighted by Crippen LogP contribution is -2.31. The molecule has 2 N–H and O–H groups in total. The van der Waals surface area contributed by atoms with Gasteiger partial charge in [-0.05, 0) is 43.7 Å². The summed E-state index contributed by atoms with van der Waals surface area (Å²) < 4.78 is 27.3. The average molecular weight is 417 g/mol. The number of rotatable bonds is 6. The minimum absolute atomic E-state index is 0.160. The normalized spacial score (nSPS) is 11.8. The van der Waals surface area contributed by atoms with Crippen molar-refractivity contribution in [1.82, 2.24) is 24.6 Å². The lowest BCUT2D eigenvalue weighted by molar-refractivity contribution is 0.251. The Kier molecular flexibility index (Phi) is 5.85. The number of anilines is 1. The van der Waals surface area contributed by atoms with E-state index in [1.165, 1.54) is 26.2 Å². The number of benzene rings is 2. The second kappa shape index (κ2) is 8.18. The van der Waals surface area contributed by atoms with Gasteiger partial charge in [0.1, 0.15) is 5.52 Å². The molecule has 0 aliphatic heterocycles. The fourth-order valence-electron chi connectivity index (χ4n) is 2.88. The first-order valence-corrected chi connectivity index (χ1v) is 10.5. The first-order valence-electron chi connectivity index (χ1n) is 9.06. The molecule has 0 radical (unpaired) electrons. The monoisotopic (exact) mass is 416 g/mol. The van der Waals surface area contributed by atoms with Crippen molar-refractivity contribution < 1.29 is 13.2 Å². The molecule has 0 saturated heterocycles. The third-order valence-corrected chi connectivity index (χ3v) is 6.31. The van der Waals surface area contributed by atoms with Crippen LogP contribution in [-0.2, 0) is 16.6 Å². The minimum atomic E-state index is -3.53. The average Bonchev–Trinajstić information content (AvgIpc) is 3.06. The fraction of sp³-hybridized carbons (Fsp3) is 0.316. The van der Waals surface area contributed by atoms with Crippen LogP contribution in [0.2, 0.25) is 0 Å². The standard InChI is InChI=1S/C19H24N6O3S/c1-13-5-7-16(14(2)11-13)21-19(26)20-9-10-25-18-8-6-15(12-17(18)22-23-25)29(27,28)24(3)4/h5-8,11-12H,9-10H2,1-4H3,(H2,20,21,26). The zero-order valence-electron chi connectivity index (χ0n) is 16.8. The predicted molar refractivity (Wildman–Crippen MR) is 111 cm³/mol. The molecule has 0 atom stereocenters. The van der Waals surface area contributed by atoms with Gasteiger partial charge < -0.3 is 10.6 Å². The van der Waals surface area contributed by atoms with Crippen molar-refractivity contribution >= 4 is 32.8 Å². The Labute approximate surface area is 169 Å². The summed E-state index contributed by atoms with van der Waals surface area (Å²) in [5.74, 6) is 0. The van der Waals surface area contributed by atoms with Crippen LogP contribution < -0.4 is 10.6 Å². The van der Waals surface area contributed by atoms with E-state index in [9.17, 15) is 13.2 Å². The van der Waals surface area contributed by atoms with E-state index in [1.54, 1.807) is 10.7 Å². The number of fused-ring (bicyclic) bond motifs is 1. The molecule has 3 aromatic rings. The van der Waals surface area contributed by atoms with Crippen LogP contribution in [0.5, 0.6) is 0 Å². The van der Waals surface area contributed by atoms with Crippen molar-refractivity contribution in [3.8, 4) is 0 Å². The van der Waals surface area contributed by atoms with Gasteiger partial charge in [-0.2, -0.15) is 0 Å². The van der Waals surface area contributed by atoms with Crippen LogP contribution in [0, 0.1) is 13.8 Å². The van der Waals surface area contributed by atoms with E-state index >= 15 is 0 Å². The molecular weight excluding hydrogens is 392 g/mol. The van der Waals surface area contributed by atoms with Crippen LogP contribution in [0.15, 0.2) is 41.3 Å². The molecule has 0 aliphatic rings. The van der Waals surface area contributed by atoms with Crippen LogP contribution in [0.25, 0.3) is 11.0 Å². The number of amides is 2. The van der Waals surface area contributed by atoms with Crippen molar-refractivity contribution in [3.05, 3.63) is 47.5 Å². The summed E-state index contributed by atoms with van der Waals surface area (Å²) in [6.07, 6.45) is 0. The van der Waals surface area contributed by atoms with E-state index in [1.807, 2.05) is 32.0 Å². The highest BCUT2D eigenvalue weighted by Gasteiger charge is 2.18. The summed E-state index contributed by atoms with van der Waals surface area (Å²) in [5.41, 5.74) is 4.06. The first-order chi connectivity index (χ1) is 13.7. The lowest BCUT2D eigenvalue weighted by Gasteiger charge is -2.11. The quantitative estimate of drug-likeness (QED) is 0.640. The topological polar surface area (TPSA) is 109 Å². The molecule has 2 amide bonds. The Morgan fingerprint density at radius 2 is 1.90 bits per heavy atom. The number of urea groups is 1. The van der Waals surface area contributed by atoms with E-state index in [2.05, 4.69) is 20.9 Å². The van der Waals surface area contributed by atoms with Gasteiger partial charge in [0.05, 0.1) is 17.0 Å². The molecule has 29 heavy (non-hydrogen) atoms. The third-order valence-electron chi connectivity index (χ3n) is 4.50. The van der Waals surface area contributed by atoms with E-state index < -0.39 is 10.0 Å². The third kappa shape index (κ3) is 4.54. The summed E-state index contributed by atoms with van der Waals surface area (Å²) in [4.78, 5) is 12.3. The smallest absolute Gasteiger partial charge is 0.319 e. The minimum Gasteiger partial charge on any atom is -0.336 e. The van der Waals surface area contributed by atoms with Crippen LogP contribution in [0.3, 0.4) is 0 Å². The van der Waals surface area contributed by atoms with E-state index in [0.29, 0.717) is 24.1 Å². The van der Waals surface area contributed by atoms with Gasteiger partial charge in [0.25, 0.3) is 0 Å². The van der Waals surface area contributed by atoms with Gasteiger partial charge in [0, 0.05) is 26.3 Å². The van der Waals surface area contributed by atoms with Gasteiger partial charge in [0.15, 0.2) is 0 Å². The van der Waals surface area contributed by atoms with Gasteiger partial charge in [-0.15, -0.1) is 5.10 Å². The number of hydrogen-bond acceptors (Lipinski definition) is 5. The van der Waals surface area contributed by atoms with Gasteiger partial charge in [-0.3, -0.25) is 0 Å². The molecule has 0 unspecified atom stereocenters. The van der Waals surface area contributed by atoms with Gasteiger partial charge in [0.2, 0.25) is 10.0 Å². The Bertz CT molecular complexity index is 1150. The summed E-state index contributed by atoms with van der Waals surface area (Å²) in [6.45, 7) is 4.68. The van der Waals surface area contributed by atoms with Crippen molar-refractivity contribution in [2.24, 2.45) is 0 Å². The number of aryl methyl sites for hydroxylation is 2. The zero-order chi connectivity index (χ0) is 21.2. The van der Waals surface area contributed by atoms with Gasteiger partial charge in [-0.1, -0.05) is 22.9 Å². The van der Waals surface area contributed by atoms with Crippen molar-refractivity contribution in [3.63, 3.8) is 0 Å². The number of aromatic nitrogens is 3. The number of carbonyl (C=O) groups excluding carboxylic acids is 1. The molecule has 9 nitrogen and oxygen atoms in total. The number of hydrogen-bond donors (Lipinski definition) is 2. The molecule has 1 aromatic heterocycles. The molecule has 0 saturated carbocycles. The van der Waals surface area contributed by atoms with Gasteiger partial charge >= 0.3 is 6.03 Å². The second-order valence-electron chi connectivity index (χ2n) is 6.95. The molecule has 0 spiro atoms. The fourth-order valence-corrected chi connectivity index (χ4v) is 3.81. The maximum atomic E-state index is 12.2. The molecule has 10 heteroatoms. The maximum absolute atomic E-state index is 12.2. The summed E-state index contributed by atoms with van der Waals surface area (Å²) in [5, 5.41) is 13.7. The van der Waals surface area contributed by atoms with Crippen molar-refractivity contribution in [2.45, 2.75) is 25.3 Å². The summed E-state index contributed by atoms with van der Waals surface area (Å²) in [7, 11) is -0.578. The Morgan fingerprint density at radius 1 is 1.14 bits per heavy atom. The Morgan fingerprint density at radius 3 is 2.59 bits per heavy atom. The highest BCUT2D eigenvalue weighted by atomic mass is 32.2. The van der Waals surface area contributed by atoms with E-state index in [-0.39, 0.29) is 10.9 Å². The van der Waals surface area contributed by atoms with E-state index in [4.69, 9.17) is 0 Å². The largest absolute Gasteiger partial charge is 0.336 e. The molecule has 0 fully saturated rings. The second-order valence-corrected chi connectivity index (χ2v) is 9.10. The molecular formula is C19H24N6O3S. The number of carbonyl (C=O) groups is 1. The number of sulfonamides is 1. The SMILES string of the molecule is Cc1ccc(NC(=O)NCCn2nnc3cc(S(=O)(=O)N(C)C)ccc32)c(C)c1. The molecule has 0 aliphatic carbocycles. The Hall–Kier alpha value is -2.98. The summed E-state index contributed by atoms with van der Waals surface area (Å²) >= 11 is 0. The van der Waals surface area contributed by atoms with E-state index in [0.717, 1.165) is 21.1 Å². The predicted octanol–water partition coefficient (Wildman–Crippen LogP) is 2.12. The Balaban J connectivity index is 1.63. The highest BCUT2D eigenvalue weighted by molar-refractivity contribution is 7.89. The molecule has 2 aromatic carbocycles. The van der Waals surface area contributed by atoms with Gasteiger partial charge in [-0.25, -0.2) is 22.2 Å². The maximum Gasteiger partial charge on any atom is 0.319 e. The van der Waals surface area contributed by atoms with Crippen molar-refractivity contribution in [1.29, 1.82) is 0 Å². The number of nitrogens with zero attached hydrogens (tertiary/aromatic N) is 4. The highest BCUT2D eigenvalue weighted by Crippen LogP contribution is 2.19.